The summed E-state index contributed by atoms with van der Waals surface area (Å²) in [6, 6.07) is 5.95. The van der Waals surface area contributed by atoms with Crippen LogP contribution in [0.5, 0.6) is 11.5 Å². The van der Waals surface area contributed by atoms with E-state index in [-0.39, 0.29) is 29.7 Å². The molecule has 0 aromatic heterocycles. The lowest BCUT2D eigenvalue weighted by molar-refractivity contribution is 0.370. The highest BCUT2D eigenvalue weighted by Gasteiger charge is 2.24. The van der Waals surface area contributed by atoms with Gasteiger partial charge < -0.3 is 20.5 Å². The molecule has 24 heavy (non-hydrogen) atoms. The number of hydrogen-bond donors (Lipinski definition) is 3. The topological polar surface area (TPSA) is 65.9 Å². The van der Waals surface area contributed by atoms with Crippen molar-refractivity contribution in [2.45, 2.75) is 44.0 Å². The molecular weight excluding hydrogens is 437 g/mol. The molecule has 2 atom stereocenters. The van der Waals surface area contributed by atoms with Crippen molar-refractivity contribution >= 4 is 41.7 Å². The molecule has 1 aromatic rings. The number of halogens is 1. The zero-order chi connectivity index (χ0) is 16.7. The second kappa shape index (κ2) is 10.9. The summed E-state index contributed by atoms with van der Waals surface area (Å²) in [7, 11) is 1.55. The molecule has 1 fully saturated rings. The Morgan fingerprint density at radius 2 is 2.21 bits per heavy atom. The first-order chi connectivity index (χ1) is 11.2. The lowest BCUT2D eigenvalue weighted by atomic mass is 10.2. The van der Waals surface area contributed by atoms with Gasteiger partial charge in [0.1, 0.15) is 0 Å². The maximum atomic E-state index is 10.1. The number of hydrogen-bond acceptors (Lipinski definition) is 4. The largest absolute Gasteiger partial charge is 0.504 e. The average molecular weight is 465 g/mol. The summed E-state index contributed by atoms with van der Waals surface area (Å²) in [5.74, 6) is 1.45. The highest BCUT2D eigenvalue weighted by atomic mass is 127. The van der Waals surface area contributed by atoms with Gasteiger partial charge in [-0.15, -0.1) is 24.0 Å². The number of thioether (sulfide) groups is 1. The van der Waals surface area contributed by atoms with Crippen molar-refractivity contribution in [3.8, 4) is 11.5 Å². The molecule has 0 saturated heterocycles. The minimum atomic E-state index is 0. The molecule has 2 unspecified atom stereocenters. The van der Waals surface area contributed by atoms with E-state index in [0.29, 0.717) is 18.3 Å². The van der Waals surface area contributed by atoms with E-state index in [1.807, 2.05) is 23.9 Å². The molecule has 0 amide bonds. The van der Waals surface area contributed by atoms with E-state index in [1.54, 1.807) is 13.2 Å². The smallest absolute Gasteiger partial charge is 0.191 e. The Labute approximate surface area is 166 Å². The number of nitrogens with one attached hydrogen (secondary N) is 2. The number of rotatable bonds is 6. The first kappa shape index (κ1) is 21.2. The molecule has 0 spiro atoms. The van der Waals surface area contributed by atoms with Gasteiger partial charge in [-0.05, 0) is 38.5 Å². The second-order valence-electron chi connectivity index (χ2n) is 5.68. The van der Waals surface area contributed by atoms with Crippen LogP contribution in [0.1, 0.15) is 31.7 Å². The molecule has 1 saturated carbocycles. The lowest BCUT2D eigenvalue weighted by Gasteiger charge is -2.17. The third-order valence-electron chi connectivity index (χ3n) is 4.11. The fourth-order valence-corrected chi connectivity index (χ4v) is 3.62. The van der Waals surface area contributed by atoms with Crippen LogP contribution in [0.15, 0.2) is 23.2 Å². The number of benzene rings is 1. The van der Waals surface area contributed by atoms with Crippen LogP contribution in [0.25, 0.3) is 0 Å². The summed E-state index contributed by atoms with van der Waals surface area (Å²) in [5.41, 5.74) is 0.759. The predicted octanol–water partition coefficient (Wildman–Crippen LogP) is 3.36. The molecule has 0 heterocycles. The van der Waals surface area contributed by atoms with Crippen LogP contribution in [0.3, 0.4) is 0 Å². The Morgan fingerprint density at radius 3 is 2.83 bits per heavy atom. The number of phenols is 1. The van der Waals surface area contributed by atoms with E-state index >= 15 is 0 Å². The Morgan fingerprint density at radius 1 is 1.42 bits per heavy atom. The van der Waals surface area contributed by atoms with Crippen molar-refractivity contribution in [1.29, 1.82) is 0 Å². The van der Waals surface area contributed by atoms with Gasteiger partial charge in [-0.3, -0.25) is 0 Å². The number of phenolic OH excluding ortho intramolecular Hbond substituents is 1. The van der Waals surface area contributed by atoms with Gasteiger partial charge in [0.05, 0.1) is 13.7 Å². The number of aliphatic imine (C=N–C) groups is 1. The highest BCUT2D eigenvalue weighted by molar-refractivity contribution is 14.0. The molecular formula is C17H28IN3O2S. The molecule has 136 valence electrons. The van der Waals surface area contributed by atoms with Crippen molar-refractivity contribution in [2.24, 2.45) is 4.99 Å². The summed E-state index contributed by atoms with van der Waals surface area (Å²) in [6.45, 7) is 3.28. The summed E-state index contributed by atoms with van der Waals surface area (Å²) < 4.78 is 5.14. The molecule has 1 aliphatic carbocycles. The van der Waals surface area contributed by atoms with Crippen LogP contribution in [-0.2, 0) is 6.54 Å². The Balaban J connectivity index is 0.00000288. The standard InChI is InChI=1S/C17H27N3O2S.HI/c1-4-18-17(20-13-8-9-14(10-13)23-3)19-11-12-6-5-7-15(22-2)16(12)21;/h5-7,13-14,21H,4,8-11H2,1-3H3,(H2,18,19,20);1H. The van der Waals surface area contributed by atoms with Crippen molar-refractivity contribution < 1.29 is 9.84 Å². The number of para-hydroxylation sites is 1. The van der Waals surface area contributed by atoms with Gasteiger partial charge in [-0.25, -0.2) is 4.99 Å². The van der Waals surface area contributed by atoms with Crippen molar-refractivity contribution in [3.05, 3.63) is 23.8 Å². The van der Waals surface area contributed by atoms with Crippen LogP contribution in [0.2, 0.25) is 0 Å². The second-order valence-corrected chi connectivity index (χ2v) is 6.81. The van der Waals surface area contributed by atoms with E-state index in [0.717, 1.165) is 23.3 Å². The minimum absolute atomic E-state index is 0. The van der Waals surface area contributed by atoms with Gasteiger partial charge in [0.15, 0.2) is 17.5 Å². The predicted molar refractivity (Wildman–Crippen MR) is 113 cm³/mol. The normalized spacial score (nSPS) is 20.4. The van der Waals surface area contributed by atoms with Crippen LogP contribution in [-0.4, -0.2) is 42.3 Å². The third kappa shape index (κ3) is 5.91. The van der Waals surface area contributed by atoms with Crippen molar-refractivity contribution in [2.75, 3.05) is 19.9 Å². The number of guanidine groups is 1. The number of methoxy groups -OCH3 is 1. The molecule has 0 aliphatic heterocycles. The molecule has 1 aromatic carbocycles. The molecule has 0 bridgehead atoms. The summed E-state index contributed by atoms with van der Waals surface area (Å²) in [5, 5.41) is 17.7. The zero-order valence-electron chi connectivity index (χ0n) is 14.5. The van der Waals surface area contributed by atoms with Crippen LogP contribution in [0, 0.1) is 0 Å². The lowest BCUT2D eigenvalue weighted by Crippen LogP contribution is -2.42. The van der Waals surface area contributed by atoms with E-state index < -0.39 is 0 Å². The SMILES string of the molecule is CCNC(=NCc1cccc(OC)c1O)NC1CCC(SC)C1.I. The average Bonchev–Trinajstić information content (AvgIpc) is 3.01. The Kier molecular flexibility index (Phi) is 9.65. The van der Waals surface area contributed by atoms with Gasteiger partial charge >= 0.3 is 0 Å². The number of ether oxygens (including phenoxy) is 1. The van der Waals surface area contributed by atoms with E-state index in [4.69, 9.17) is 4.74 Å². The Hall–Kier alpha value is -0.830. The molecule has 3 N–H and O–H groups in total. The van der Waals surface area contributed by atoms with E-state index in [9.17, 15) is 5.11 Å². The first-order valence-electron chi connectivity index (χ1n) is 8.10. The van der Waals surface area contributed by atoms with Gasteiger partial charge in [0.2, 0.25) is 0 Å². The van der Waals surface area contributed by atoms with Gasteiger partial charge in [-0.1, -0.05) is 12.1 Å². The van der Waals surface area contributed by atoms with E-state index in [1.165, 1.54) is 19.3 Å². The van der Waals surface area contributed by atoms with Crippen molar-refractivity contribution in [3.63, 3.8) is 0 Å². The van der Waals surface area contributed by atoms with Crippen LogP contribution >= 0.6 is 35.7 Å². The third-order valence-corrected chi connectivity index (χ3v) is 5.21. The fourth-order valence-electron chi connectivity index (χ4n) is 2.82. The Bertz CT molecular complexity index is 543. The van der Waals surface area contributed by atoms with Crippen LogP contribution < -0.4 is 15.4 Å². The number of aromatic hydroxyl groups is 1. The minimum Gasteiger partial charge on any atom is -0.504 e. The monoisotopic (exact) mass is 465 g/mol. The zero-order valence-corrected chi connectivity index (χ0v) is 17.7. The van der Waals surface area contributed by atoms with Crippen LogP contribution in [0.4, 0.5) is 0 Å². The first-order valence-corrected chi connectivity index (χ1v) is 9.39. The van der Waals surface area contributed by atoms with Gasteiger partial charge in [0.25, 0.3) is 0 Å². The molecule has 1 aliphatic rings. The maximum absolute atomic E-state index is 10.1. The molecule has 0 radical (unpaired) electrons. The van der Waals surface area contributed by atoms with E-state index in [2.05, 4.69) is 28.8 Å². The maximum Gasteiger partial charge on any atom is 0.191 e. The van der Waals surface area contributed by atoms with Gasteiger partial charge in [-0.2, -0.15) is 11.8 Å². The summed E-state index contributed by atoms with van der Waals surface area (Å²) >= 11 is 1.95. The fraction of sp³-hybridized carbons (Fsp3) is 0.588. The van der Waals surface area contributed by atoms with Gasteiger partial charge in [0, 0.05) is 23.4 Å². The molecule has 5 nitrogen and oxygen atoms in total. The molecule has 2 rings (SSSR count). The highest BCUT2D eigenvalue weighted by Crippen LogP contribution is 2.30. The van der Waals surface area contributed by atoms with Crippen molar-refractivity contribution in [1.82, 2.24) is 10.6 Å². The molecule has 7 heteroatoms. The quantitative estimate of drug-likeness (QED) is 0.342. The summed E-state index contributed by atoms with van der Waals surface area (Å²) in [4.78, 5) is 4.61. The number of nitrogens with zero attached hydrogens (tertiary/aromatic N) is 1. The summed E-state index contributed by atoms with van der Waals surface area (Å²) in [6.07, 6.45) is 5.79.